The summed E-state index contributed by atoms with van der Waals surface area (Å²) in [7, 11) is 0. The topological polar surface area (TPSA) is 31.0 Å². The van der Waals surface area contributed by atoms with Gasteiger partial charge in [-0.15, -0.1) is 0 Å². The Bertz CT molecular complexity index is 6040. The first-order valence-electron chi connectivity index (χ1n) is 36.7. The number of ether oxygens (including phenoxy) is 1. The van der Waals surface area contributed by atoms with Crippen molar-refractivity contribution in [1.82, 2.24) is 0 Å². The van der Waals surface area contributed by atoms with Gasteiger partial charge in [-0.3, -0.25) is 0 Å². The molecule has 16 aromatic carbocycles. The maximum atomic E-state index is 7.20. The minimum absolute atomic E-state index is 0.123. The summed E-state index contributed by atoms with van der Waals surface area (Å²) < 4.78 is 7.20. The fourth-order valence-corrected chi connectivity index (χ4v) is 20.0. The van der Waals surface area contributed by atoms with Crippen LogP contribution in [0.4, 0.5) is 62.6 Å². The predicted molar refractivity (Wildman–Crippen MR) is 442 cm³/mol. The van der Waals surface area contributed by atoms with Crippen LogP contribution < -0.4 is 57.5 Å². The van der Waals surface area contributed by atoms with Crippen LogP contribution in [-0.4, -0.2) is 13.4 Å². The third-order valence-corrected chi connectivity index (χ3v) is 24.1. The molecule has 5 aliphatic heterocycles. The summed E-state index contributed by atoms with van der Waals surface area (Å²) >= 11 is 1.92. The number of nitrogens with one attached hydrogen (secondary N) is 1. The van der Waals surface area contributed by atoms with Gasteiger partial charge in [-0.1, -0.05) is 303 Å². The lowest BCUT2D eigenvalue weighted by Gasteiger charge is -2.47. The van der Waals surface area contributed by atoms with Crippen LogP contribution in [0.25, 0.3) is 33.4 Å². The van der Waals surface area contributed by atoms with E-state index in [0.717, 1.165) is 102 Å². The highest BCUT2D eigenvalue weighted by molar-refractivity contribution is 7.99. The van der Waals surface area contributed by atoms with Crippen molar-refractivity contribution in [2.45, 2.75) is 21.1 Å². The molecular weight excluding hydrogens is 1300 g/mol. The van der Waals surface area contributed by atoms with E-state index in [1.54, 1.807) is 0 Å². The molecule has 0 atom stereocenters. The van der Waals surface area contributed by atoms with Crippen molar-refractivity contribution < 1.29 is 4.74 Å². The maximum Gasteiger partial charge on any atom is 0.256 e. The fraction of sp³-hybridized carbons (Fsp3) is 0.0204. The number of anilines is 11. The molecule has 5 nitrogen and oxygen atoms in total. The van der Waals surface area contributed by atoms with Gasteiger partial charge in [-0.2, -0.15) is 0 Å². The van der Waals surface area contributed by atoms with Crippen molar-refractivity contribution in [1.29, 1.82) is 0 Å². The zero-order chi connectivity index (χ0) is 69.6. The molecule has 16 aromatic rings. The van der Waals surface area contributed by atoms with Crippen LogP contribution >= 0.6 is 11.8 Å². The highest BCUT2D eigenvalue weighted by Gasteiger charge is 2.54. The zero-order valence-electron chi connectivity index (χ0n) is 57.7. The Hall–Kier alpha value is -13.0. The van der Waals surface area contributed by atoms with E-state index in [0.29, 0.717) is 0 Å². The van der Waals surface area contributed by atoms with Gasteiger partial charge in [0.05, 0.1) is 16.8 Å². The van der Waals surface area contributed by atoms with Gasteiger partial charge in [0, 0.05) is 84.1 Å². The highest BCUT2D eigenvalue weighted by Crippen LogP contribution is 2.64. The highest BCUT2D eigenvalue weighted by atomic mass is 32.2. The van der Waals surface area contributed by atoms with Gasteiger partial charge in [-0.25, -0.2) is 0 Å². The molecule has 6 aliphatic rings. The number of rotatable bonds is 10. The third-order valence-electron chi connectivity index (χ3n) is 23.0. The summed E-state index contributed by atoms with van der Waals surface area (Å²) in [6.07, 6.45) is 0. The first kappa shape index (κ1) is 60.6. The second-order valence-electron chi connectivity index (χ2n) is 28.6. The lowest BCUT2D eigenvalue weighted by atomic mass is 9.33. The van der Waals surface area contributed by atoms with Crippen LogP contribution in [0, 0.1) is 0 Å². The summed E-state index contributed by atoms with van der Waals surface area (Å²) in [6.45, 7) is -0.373. The van der Waals surface area contributed by atoms with E-state index in [9.17, 15) is 0 Å². The number of fused-ring (bicyclic) bond motifs is 17. The van der Waals surface area contributed by atoms with Gasteiger partial charge in [0.2, 0.25) is 0 Å². The second kappa shape index (κ2) is 24.0. The normalized spacial score (nSPS) is 13.7. The SMILES string of the molecule is c1ccc(-c2cccc(-c3ccccc3)c2N2c3cc4c(cc3B3c5ccccc5N(c5ccccc5)c5cc(C(c6ccccc6)c6ccccc6)cc2c53)C2(c3cc5c(cc3S4)Nc3cc(N(c4ccccc4)c4ccccc4)cc4c3B5c3ccccc3O4)c3ccccc3-c3ccccc32)cc1. The molecule has 1 aliphatic carbocycles. The van der Waals surface area contributed by atoms with Gasteiger partial charge >= 0.3 is 0 Å². The number of hydrogen-bond acceptors (Lipinski definition) is 6. The number of benzene rings is 16. The minimum Gasteiger partial charge on any atom is -0.458 e. The van der Waals surface area contributed by atoms with Gasteiger partial charge in [-0.05, 0) is 173 Å². The Morgan fingerprint density at radius 2 is 0.811 bits per heavy atom. The van der Waals surface area contributed by atoms with E-state index in [-0.39, 0.29) is 19.3 Å². The summed E-state index contributed by atoms with van der Waals surface area (Å²) in [5.74, 6) is 1.59. The molecule has 5 heterocycles. The van der Waals surface area contributed by atoms with Crippen LogP contribution in [0.1, 0.15) is 44.9 Å². The number of para-hydroxylation sites is 6. The molecule has 0 radical (unpaired) electrons. The molecule has 0 aromatic heterocycles. The van der Waals surface area contributed by atoms with E-state index in [1.165, 1.54) is 87.4 Å². The lowest BCUT2D eigenvalue weighted by molar-refractivity contribution is 0.488. The standard InChI is InChI=1S/C98H64B2N4OS/c1-8-31-63(32-9-1)72-47-30-48-73(64-33-10-2-11-34-64)97(72)104-87-62-93-79(60-83(87)99-80-51-26-28-53-86(80)103(70-43-20-7-21-44-70)88-55-67(56-89(104)96(88)99)94(65-35-12-3-13-36-65)66-37-14-4-15-38-66)98(76-49-24-22-45-74(76)75-46-23-25-50-77(75)98)78-59-82-84(61-92(78)106-93)101-85-57-71(58-91-95(85)100(82)81-52-27-29-54-90(81)105-91)102(68-39-16-5-17-40-68)69-41-18-6-19-42-69/h1-62,94,101H. The molecule has 1 N–H and O–H groups in total. The Balaban J connectivity index is 0.849. The monoisotopic (exact) mass is 1370 g/mol. The van der Waals surface area contributed by atoms with Crippen molar-refractivity contribution in [3.63, 3.8) is 0 Å². The molecule has 8 heteroatoms. The first-order chi connectivity index (χ1) is 52.6. The maximum absolute atomic E-state index is 7.20. The van der Waals surface area contributed by atoms with Crippen molar-refractivity contribution in [2.75, 3.05) is 20.0 Å². The van der Waals surface area contributed by atoms with Crippen molar-refractivity contribution >= 4 is 121 Å². The molecular formula is C98H64B2N4OS. The summed E-state index contributed by atoms with van der Waals surface area (Å²) in [5.41, 5.74) is 34.5. The van der Waals surface area contributed by atoms with Crippen LogP contribution in [0.3, 0.4) is 0 Å². The van der Waals surface area contributed by atoms with Crippen LogP contribution in [0.5, 0.6) is 11.5 Å². The molecule has 1 spiro atoms. The summed E-state index contributed by atoms with van der Waals surface area (Å²) in [6, 6.07) is 141. The third kappa shape index (κ3) is 9.07. The van der Waals surface area contributed by atoms with E-state index in [1.807, 2.05) is 11.8 Å². The van der Waals surface area contributed by atoms with Gasteiger partial charge in [0.25, 0.3) is 13.4 Å². The molecule has 0 unspecified atom stereocenters. The van der Waals surface area contributed by atoms with Crippen molar-refractivity contribution in [3.8, 4) is 44.9 Å². The number of hydrogen-bond donors (Lipinski definition) is 1. The van der Waals surface area contributed by atoms with Crippen LogP contribution in [-0.2, 0) is 5.41 Å². The van der Waals surface area contributed by atoms with E-state index in [2.05, 4.69) is 396 Å². The first-order valence-corrected chi connectivity index (χ1v) is 37.5. The van der Waals surface area contributed by atoms with Gasteiger partial charge < -0.3 is 24.8 Å². The smallest absolute Gasteiger partial charge is 0.256 e. The Morgan fingerprint density at radius 3 is 1.43 bits per heavy atom. The van der Waals surface area contributed by atoms with Crippen LogP contribution in [0.2, 0.25) is 0 Å². The van der Waals surface area contributed by atoms with Gasteiger partial charge in [0.15, 0.2) is 0 Å². The number of nitrogens with zero attached hydrogens (tertiary/aromatic N) is 3. The zero-order valence-corrected chi connectivity index (χ0v) is 58.5. The molecule has 494 valence electrons. The fourth-order valence-electron chi connectivity index (χ4n) is 18.8. The summed E-state index contributed by atoms with van der Waals surface area (Å²) in [4.78, 5) is 10.0. The molecule has 22 rings (SSSR count). The largest absolute Gasteiger partial charge is 0.458 e. The molecule has 106 heavy (non-hydrogen) atoms. The molecule has 0 amide bonds. The van der Waals surface area contributed by atoms with Crippen molar-refractivity contribution in [3.05, 3.63) is 415 Å². The molecule has 0 fully saturated rings. The van der Waals surface area contributed by atoms with E-state index in [4.69, 9.17) is 4.74 Å². The lowest BCUT2D eigenvalue weighted by Crippen LogP contribution is -2.61. The minimum atomic E-state index is -0.783. The van der Waals surface area contributed by atoms with E-state index < -0.39 is 5.41 Å². The Labute approximate surface area is 622 Å². The second-order valence-corrected chi connectivity index (χ2v) is 29.6. The molecule has 0 saturated heterocycles. The Morgan fingerprint density at radius 1 is 0.321 bits per heavy atom. The quantitative estimate of drug-likeness (QED) is 0.108. The molecule has 0 saturated carbocycles. The Kier molecular flexibility index (Phi) is 13.7. The predicted octanol–water partition coefficient (Wildman–Crippen LogP) is 21.3. The average Bonchev–Trinajstić information content (AvgIpc) is 1.26. The average molecular weight is 1370 g/mol. The van der Waals surface area contributed by atoms with Gasteiger partial charge in [0.1, 0.15) is 11.5 Å². The van der Waals surface area contributed by atoms with Crippen molar-refractivity contribution in [2.24, 2.45) is 0 Å². The van der Waals surface area contributed by atoms with E-state index >= 15 is 0 Å². The molecule has 0 bridgehead atoms. The summed E-state index contributed by atoms with van der Waals surface area (Å²) in [5, 5.41) is 4.19. The van der Waals surface area contributed by atoms with Crippen LogP contribution in [0.15, 0.2) is 386 Å².